The van der Waals surface area contributed by atoms with E-state index in [1.165, 1.54) is 26.0 Å². The molecule has 10 heteroatoms. The molecule has 0 saturated heterocycles. The standard InChI is InChI=1S/C25H26N2O8/c1-5-34-20(28)13-14-35-19-15-16(11-12-18(19)31-2)22-21(24(29)32-3)23(25(30)33-4)27(26-22)17-9-7-6-8-10-17/h6-12,15H,5,13-14H2,1-4H3. The van der Waals surface area contributed by atoms with E-state index in [-0.39, 0.29) is 42.6 Å². The minimum absolute atomic E-state index is 0.0454. The monoisotopic (exact) mass is 482 g/mol. The fourth-order valence-corrected chi connectivity index (χ4v) is 3.37. The minimum Gasteiger partial charge on any atom is -0.493 e. The lowest BCUT2D eigenvalue weighted by molar-refractivity contribution is -0.143. The van der Waals surface area contributed by atoms with Crippen molar-refractivity contribution in [1.82, 2.24) is 9.78 Å². The van der Waals surface area contributed by atoms with Gasteiger partial charge in [-0.2, -0.15) is 5.10 Å². The van der Waals surface area contributed by atoms with Gasteiger partial charge in [0.05, 0.1) is 46.7 Å². The van der Waals surface area contributed by atoms with Gasteiger partial charge in [-0.3, -0.25) is 4.79 Å². The molecule has 0 N–H and O–H groups in total. The van der Waals surface area contributed by atoms with Crippen molar-refractivity contribution in [3.05, 3.63) is 59.8 Å². The summed E-state index contributed by atoms with van der Waals surface area (Å²) in [6.45, 7) is 2.05. The van der Waals surface area contributed by atoms with Crippen LogP contribution >= 0.6 is 0 Å². The van der Waals surface area contributed by atoms with Gasteiger partial charge < -0.3 is 23.7 Å². The van der Waals surface area contributed by atoms with Gasteiger partial charge in [0, 0.05) is 5.56 Å². The van der Waals surface area contributed by atoms with Crippen molar-refractivity contribution in [2.45, 2.75) is 13.3 Å². The quantitative estimate of drug-likeness (QED) is 0.316. The Kier molecular flexibility index (Phi) is 8.44. The molecule has 2 aromatic carbocycles. The highest BCUT2D eigenvalue weighted by molar-refractivity contribution is 6.06. The van der Waals surface area contributed by atoms with Gasteiger partial charge >= 0.3 is 17.9 Å². The smallest absolute Gasteiger partial charge is 0.357 e. The van der Waals surface area contributed by atoms with Crippen LogP contribution in [0.2, 0.25) is 0 Å². The summed E-state index contributed by atoms with van der Waals surface area (Å²) in [6.07, 6.45) is 0.0454. The third-order valence-corrected chi connectivity index (χ3v) is 4.96. The molecule has 0 aliphatic rings. The molecule has 0 aliphatic carbocycles. The second-order valence-electron chi connectivity index (χ2n) is 7.07. The van der Waals surface area contributed by atoms with Crippen molar-refractivity contribution in [1.29, 1.82) is 0 Å². The molecule has 1 aromatic heterocycles. The van der Waals surface area contributed by atoms with Crippen LogP contribution in [-0.4, -0.2) is 62.2 Å². The first-order valence-corrected chi connectivity index (χ1v) is 10.8. The predicted molar refractivity (Wildman–Crippen MR) is 125 cm³/mol. The van der Waals surface area contributed by atoms with Crippen LogP contribution in [-0.2, 0) is 19.0 Å². The van der Waals surface area contributed by atoms with Crippen LogP contribution in [0.5, 0.6) is 11.5 Å². The summed E-state index contributed by atoms with van der Waals surface area (Å²) >= 11 is 0. The van der Waals surface area contributed by atoms with Gasteiger partial charge in [-0.1, -0.05) is 18.2 Å². The van der Waals surface area contributed by atoms with Crippen LogP contribution in [0.25, 0.3) is 16.9 Å². The van der Waals surface area contributed by atoms with Gasteiger partial charge in [-0.15, -0.1) is 0 Å². The number of carbonyl (C=O) groups excluding carboxylic acids is 3. The minimum atomic E-state index is -0.761. The van der Waals surface area contributed by atoms with Gasteiger partial charge in [-0.25, -0.2) is 14.3 Å². The Labute approximate surface area is 202 Å². The number of aromatic nitrogens is 2. The normalized spacial score (nSPS) is 10.4. The van der Waals surface area contributed by atoms with Crippen LogP contribution in [0.4, 0.5) is 0 Å². The van der Waals surface area contributed by atoms with Crippen molar-refractivity contribution >= 4 is 17.9 Å². The number of hydrogen-bond donors (Lipinski definition) is 0. The van der Waals surface area contributed by atoms with Crippen LogP contribution in [0.1, 0.15) is 34.2 Å². The van der Waals surface area contributed by atoms with E-state index in [4.69, 9.17) is 23.7 Å². The number of rotatable bonds is 10. The molecule has 3 rings (SSSR count). The van der Waals surface area contributed by atoms with Crippen LogP contribution in [0.3, 0.4) is 0 Å². The van der Waals surface area contributed by atoms with Crippen molar-refractivity contribution in [2.24, 2.45) is 0 Å². The maximum absolute atomic E-state index is 12.8. The maximum atomic E-state index is 12.8. The average Bonchev–Trinajstić information content (AvgIpc) is 3.29. The summed E-state index contributed by atoms with van der Waals surface area (Å²) in [6, 6.07) is 13.8. The molecule has 0 bridgehead atoms. The third kappa shape index (κ3) is 5.60. The number of ether oxygens (including phenoxy) is 5. The van der Waals surface area contributed by atoms with Crippen LogP contribution < -0.4 is 9.47 Å². The summed E-state index contributed by atoms with van der Waals surface area (Å²) in [7, 11) is 3.91. The van der Waals surface area contributed by atoms with Crippen molar-refractivity contribution in [2.75, 3.05) is 34.5 Å². The second-order valence-corrected chi connectivity index (χ2v) is 7.07. The van der Waals surface area contributed by atoms with Crippen molar-refractivity contribution in [3.63, 3.8) is 0 Å². The molecule has 0 fully saturated rings. The molecular formula is C25H26N2O8. The molecule has 10 nitrogen and oxygen atoms in total. The summed E-state index contributed by atoms with van der Waals surface area (Å²) in [5.41, 5.74) is 1.03. The Morgan fingerprint density at radius 1 is 0.914 bits per heavy atom. The molecule has 0 atom stereocenters. The lowest BCUT2D eigenvalue weighted by atomic mass is 10.0. The molecule has 1 heterocycles. The highest BCUT2D eigenvalue weighted by Gasteiger charge is 2.31. The van der Waals surface area contributed by atoms with E-state index in [9.17, 15) is 14.4 Å². The zero-order valence-corrected chi connectivity index (χ0v) is 19.9. The highest BCUT2D eigenvalue weighted by Crippen LogP contribution is 2.35. The Morgan fingerprint density at radius 3 is 2.26 bits per heavy atom. The van der Waals surface area contributed by atoms with Crippen molar-refractivity contribution in [3.8, 4) is 28.4 Å². The molecule has 184 valence electrons. The first kappa shape index (κ1) is 25.3. The van der Waals surface area contributed by atoms with Crippen molar-refractivity contribution < 1.29 is 38.1 Å². The second kappa shape index (κ2) is 11.7. The average molecular weight is 482 g/mol. The number of methoxy groups -OCH3 is 3. The largest absolute Gasteiger partial charge is 0.493 e. The number of esters is 3. The molecule has 0 unspecified atom stereocenters. The molecular weight excluding hydrogens is 456 g/mol. The SMILES string of the molecule is CCOC(=O)CCOc1cc(-c2nn(-c3ccccc3)c(C(=O)OC)c2C(=O)OC)ccc1OC. The topological polar surface area (TPSA) is 115 Å². The number of benzene rings is 2. The fourth-order valence-electron chi connectivity index (χ4n) is 3.37. The van der Waals surface area contributed by atoms with E-state index in [0.717, 1.165) is 0 Å². The lowest BCUT2D eigenvalue weighted by Crippen LogP contribution is -2.15. The highest BCUT2D eigenvalue weighted by atomic mass is 16.5. The molecule has 0 radical (unpaired) electrons. The number of hydrogen-bond acceptors (Lipinski definition) is 9. The van der Waals surface area contributed by atoms with E-state index in [2.05, 4.69) is 5.10 Å². The van der Waals surface area contributed by atoms with E-state index in [0.29, 0.717) is 22.7 Å². The number of carbonyl (C=O) groups is 3. The molecule has 0 saturated carbocycles. The summed E-state index contributed by atoms with van der Waals surface area (Å²) < 4.78 is 27.3. The lowest BCUT2D eigenvalue weighted by Gasteiger charge is -2.12. The Bertz CT molecular complexity index is 1200. The summed E-state index contributed by atoms with van der Waals surface area (Å²) in [5, 5.41) is 4.56. The summed E-state index contributed by atoms with van der Waals surface area (Å²) in [5.74, 6) is -1.18. The van der Waals surface area contributed by atoms with Gasteiger partial charge in [0.2, 0.25) is 0 Å². The van der Waals surface area contributed by atoms with E-state index in [1.807, 2.05) is 6.07 Å². The Balaban J connectivity index is 2.13. The molecule has 0 amide bonds. The predicted octanol–water partition coefficient (Wildman–Crippen LogP) is 3.45. The Morgan fingerprint density at radius 2 is 1.63 bits per heavy atom. The first-order valence-electron chi connectivity index (χ1n) is 10.8. The molecule has 0 aliphatic heterocycles. The van der Waals surface area contributed by atoms with Gasteiger partial charge in [-0.05, 0) is 37.3 Å². The van der Waals surface area contributed by atoms with E-state index < -0.39 is 11.9 Å². The molecule has 3 aromatic rings. The van der Waals surface area contributed by atoms with Gasteiger partial charge in [0.1, 0.15) is 11.3 Å². The van der Waals surface area contributed by atoms with Gasteiger partial charge in [0.25, 0.3) is 0 Å². The number of nitrogens with zero attached hydrogens (tertiary/aromatic N) is 2. The number of para-hydroxylation sites is 1. The maximum Gasteiger partial charge on any atom is 0.357 e. The van der Waals surface area contributed by atoms with Crippen LogP contribution in [0, 0.1) is 0 Å². The third-order valence-electron chi connectivity index (χ3n) is 4.96. The molecule has 0 spiro atoms. The van der Waals surface area contributed by atoms with E-state index >= 15 is 0 Å². The molecule has 35 heavy (non-hydrogen) atoms. The summed E-state index contributed by atoms with van der Waals surface area (Å²) in [4.78, 5) is 37.2. The van der Waals surface area contributed by atoms with Crippen LogP contribution in [0.15, 0.2) is 48.5 Å². The van der Waals surface area contributed by atoms with E-state index in [1.54, 1.807) is 49.4 Å². The first-order chi connectivity index (χ1) is 16.9. The zero-order chi connectivity index (χ0) is 25.4. The van der Waals surface area contributed by atoms with Gasteiger partial charge in [0.15, 0.2) is 17.2 Å². The fraction of sp³-hybridized carbons (Fsp3) is 0.280. The zero-order valence-electron chi connectivity index (χ0n) is 19.9. The Hall–Kier alpha value is -4.34.